The van der Waals surface area contributed by atoms with Crippen molar-refractivity contribution in [2.45, 2.75) is 12.5 Å². The first-order valence-corrected chi connectivity index (χ1v) is 5.33. The van der Waals surface area contributed by atoms with E-state index in [0.29, 0.717) is 18.7 Å². The second-order valence-electron chi connectivity index (χ2n) is 2.68. The van der Waals surface area contributed by atoms with Crippen LogP contribution in [0.5, 0.6) is 0 Å². The molecule has 0 spiro atoms. The minimum Gasteiger partial charge on any atom is -0.302 e. The summed E-state index contributed by atoms with van der Waals surface area (Å²) in [4.78, 5) is 0. The van der Waals surface area contributed by atoms with Gasteiger partial charge >= 0.3 is 0 Å². The monoisotopic (exact) mass is 173 g/mol. The van der Waals surface area contributed by atoms with Crippen molar-refractivity contribution >= 4 is 9.84 Å². The van der Waals surface area contributed by atoms with Gasteiger partial charge in [-0.1, -0.05) is 5.92 Å². The molecular weight excluding hydrogens is 162 g/mol. The van der Waals surface area contributed by atoms with E-state index in [-0.39, 0.29) is 11.8 Å². The quantitative estimate of drug-likeness (QED) is 0.567. The average Bonchev–Trinajstić information content (AvgIpc) is 2.26. The average molecular weight is 173 g/mol. The van der Waals surface area contributed by atoms with Crippen LogP contribution in [-0.4, -0.2) is 32.5 Å². The molecule has 1 aliphatic rings. The van der Waals surface area contributed by atoms with Gasteiger partial charge in [0, 0.05) is 6.04 Å². The number of terminal acetylenes is 1. The van der Waals surface area contributed by atoms with Crippen LogP contribution >= 0.6 is 0 Å². The smallest absolute Gasteiger partial charge is 0.151 e. The predicted octanol–water partition coefficient (Wildman–Crippen LogP) is -0.604. The minimum absolute atomic E-state index is 0.0797. The zero-order chi connectivity index (χ0) is 8.32. The van der Waals surface area contributed by atoms with Crippen LogP contribution in [0.1, 0.15) is 6.42 Å². The summed E-state index contributed by atoms with van der Waals surface area (Å²) < 4.78 is 21.8. The van der Waals surface area contributed by atoms with Crippen molar-refractivity contribution in [3.05, 3.63) is 0 Å². The fourth-order valence-electron chi connectivity index (χ4n) is 1.16. The van der Waals surface area contributed by atoms with Crippen LogP contribution in [0.15, 0.2) is 0 Å². The van der Waals surface area contributed by atoms with Gasteiger partial charge in [-0.05, 0) is 6.42 Å². The second kappa shape index (κ2) is 3.24. The second-order valence-corrected chi connectivity index (χ2v) is 4.91. The zero-order valence-corrected chi connectivity index (χ0v) is 7.02. The molecule has 0 bridgehead atoms. The molecule has 1 N–H and O–H groups in total. The minimum atomic E-state index is -2.76. The van der Waals surface area contributed by atoms with E-state index in [0.717, 1.165) is 0 Å². The molecule has 1 unspecified atom stereocenters. The van der Waals surface area contributed by atoms with Gasteiger partial charge in [0.15, 0.2) is 9.84 Å². The Morgan fingerprint density at radius 1 is 1.64 bits per heavy atom. The summed E-state index contributed by atoms with van der Waals surface area (Å²) in [7, 11) is -2.76. The van der Waals surface area contributed by atoms with Gasteiger partial charge < -0.3 is 5.32 Å². The Balaban J connectivity index is 2.38. The van der Waals surface area contributed by atoms with E-state index < -0.39 is 9.84 Å². The lowest BCUT2D eigenvalue weighted by Crippen LogP contribution is -2.30. The highest BCUT2D eigenvalue weighted by molar-refractivity contribution is 7.91. The summed E-state index contributed by atoms with van der Waals surface area (Å²) in [5, 5.41) is 2.97. The van der Waals surface area contributed by atoms with Crippen LogP contribution in [0, 0.1) is 12.3 Å². The third kappa shape index (κ3) is 2.52. The van der Waals surface area contributed by atoms with Gasteiger partial charge in [0.05, 0.1) is 18.1 Å². The molecule has 0 aliphatic carbocycles. The van der Waals surface area contributed by atoms with Crippen molar-refractivity contribution in [2.75, 3.05) is 18.1 Å². The topological polar surface area (TPSA) is 46.2 Å². The van der Waals surface area contributed by atoms with Crippen LogP contribution in [-0.2, 0) is 9.84 Å². The van der Waals surface area contributed by atoms with Crippen molar-refractivity contribution in [3.8, 4) is 12.3 Å². The molecule has 1 fully saturated rings. The summed E-state index contributed by atoms with van der Waals surface area (Å²) in [6, 6.07) is 0.0797. The number of rotatable bonds is 2. The van der Waals surface area contributed by atoms with Gasteiger partial charge in [0.25, 0.3) is 0 Å². The standard InChI is InChI=1S/C7H11NO2S/c1-2-4-8-7-3-5-11(9,10)6-7/h1,7-8H,3-6H2. The number of hydrogen-bond acceptors (Lipinski definition) is 3. The SMILES string of the molecule is C#CCNC1CCS(=O)(=O)C1. The highest BCUT2D eigenvalue weighted by atomic mass is 32.2. The van der Waals surface area contributed by atoms with Crippen LogP contribution in [0.3, 0.4) is 0 Å². The predicted molar refractivity (Wildman–Crippen MR) is 43.9 cm³/mol. The van der Waals surface area contributed by atoms with E-state index in [9.17, 15) is 8.42 Å². The van der Waals surface area contributed by atoms with Gasteiger partial charge in [-0.2, -0.15) is 0 Å². The molecule has 4 heteroatoms. The molecule has 1 heterocycles. The first-order chi connectivity index (χ1) is 5.14. The molecular formula is C7H11NO2S. The summed E-state index contributed by atoms with van der Waals surface area (Å²) in [5.41, 5.74) is 0. The lowest BCUT2D eigenvalue weighted by Gasteiger charge is -2.05. The van der Waals surface area contributed by atoms with E-state index in [2.05, 4.69) is 11.2 Å². The number of hydrogen-bond donors (Lipinski definition) is 1. The molecule has 1 saturated heterocycles. The summed E-state index contributed by atoms with van der Waals surface area (Å²) in [5.74, 6) is 2.96. The third-order valence-electron chi connectivity index (χ3n) is 1.73. The van der Waals surface area contributed by atoms with Crippen LogP contribution < -0.4 is 5.32 Å². The molecule has 0 radical (unpaired) electrons. The van der Waals surface area contributed by atoms with Gasteiger partial charge in [0.1, 0.15) is 0 Å². The Labute approximate surface area is 67.1 Å². The van der Waals surface area contributed by atoms with Crippen LogP contribution in [0.25, 0.3) is 0 Å². The summed E-state index contributed by atoms with van der Waals surface area (Å²) >= 11 is 0. The van der Waals surface area contributed by atoms with Crippen LogP contribution in [0.4, 0.5) is 0 Å². The fraction of sp³-hybridized carbons (Fsp3) is 0.714. The Morgan fingerprint density at radius 2 is 2.36 bits per heavy atom. The Hall–Kier alpha value is -0.530. The maximum absolute atomic E-state index is 10.9. The zero-order valence-electron chi connectivity index (χ0n) is 6.21. The van der Waals surface area contributed by atoms with Crippen molar-refractivity contribution in [1.82, 2.24) is 5.32 Å². The molecule has 1 rings (SSSR count). The number of nitrogens with one attached hydrogen (secondary N) is 1. The molecule has 0 aromatic heterocycles. The Kier molecular flexibility index (Phi) is 2.53. The van der Waals surface area contributed by atoms with E-state index >= 15 is 0 Å². The molecule has 0 saturated carbocycles. The Bertz CT molecular complexity index is 263. The van der Waals surface area contributed by atoms with E-state index in [1.54, 1.807) is 0 Å². The van der Waals surface area contributed by atoms with Gasteiger partial charge in [0.2, 0.25) is 0 Å². The summed E-state index contributed by atoms with van der Waals surface area (Å²) in [6.45, 7) is 0.459. The van der Waals surface area contributed by atoms with Crippen molar-refractivity contribution in [3.63, 3.8) is 0 Å². The highest BCUT2D eigenvalue weighted by Crippen LogP contribution is 2.10. The van der Waals surface area contributed by atoms with Crippen molar-refractivity contribution < 1.29 is 8.42 Å². The van der Waals surface area contributed by atoms with E-state index in [4.69, 9.17) is 6.42 Å². The maximum Gasteiger partial charge on any atom is 0.151 e. The highest BCUT2D eigenvalue weighted by Gasteiger charge is 2.26. The lowest BCUT2D eigenvalue weighted by molar-refractivity contribution is 0.587. The molecule has 0 amide bonds. The normalized spacial score (nSPS) is 28.1. The fourth-order valence-corrected chi connectivity index (χ4v) is 2.87. The number of sulfone groups is 1. The first-order valence-electron chi connectivity index (χ1n) is 3.51. The van der Waals surface area contributed by atoms with Crippen molar-refractivity contribution in [2.24, 2.45) is 0 Å². The van der Waals surface area contributed by atoms with E-state index in [1.807, 2.05) is 0 Å². The third-order valence-corrected chi connectivity index (χ3v) is 3.49. The van der Waals surface area contributed by atoms with Gasteiger partial charge in [-0.15, -0.1) is 6.42 Å². The first kappa shape index (κ1) is 8.57. The molecule has 0 aromatic carbocycles. The summed E-state index contributed by atoms with van der Waals surface area (Å²) in [6.07, 6.45) is 5.71. The molecule has 1 atom stereocenters. The van der Waals surface area contributed by atoms with Gasteiger partial charge in [-0.3, -0.25) is 0 Å². The molecule has 1 aliphatic heterocycles. The molecule has 11 heavy (non-hydrogen) atoms. The largest absolute Gasteiger partial charge is 0.302 e. The molecule has 62 valence electrons. The lowest BCUT2D eigenvalue weighted by atomic mass is 10.3. The van der Waals surface area contributed by atoms with Gasteiger partial charge in [-0.25, -0.2) is 8.42 Å². The molecule has 0 aromatic rings. The van der Waals surface area contributed by atoms with Crippen LogP contribution in [0.2, 0.25) is 0 Å². The maximum atomic E-state index is 10.9. The van der Waals surface area contributed by atoms with Crippen molar-refractivity contribution in [1.29, 1.82) is 0 Å². The van der Waals surface area contributed by atoms with E-state index in [1.165, 1.54) is 0 Å². The molecule has 3 nitrogen and oxygen atoms in total. The Morgan fingerprint density at radius 3 is 2.82 bits per heavy atom.